The van der Waals surface area contributed by atoms with Crippen LogP contribution in [0.5, 0.6) is 5.75 Å². The van der Waals surface area contributed by atoms with E-state index in [1.54, 1.807) is 28.9 Å². The molecular weight excluding hydrogens is 361 g/mol. The highest BCUT2D eigenvalue weighted by molar-refractivity contribution is 5.61. The molecule has 4 rings (SSSR count). The summed E-state index contributed by atoms with van der Waals surface area (Å²) in [5, 5.41) is 27.0. The molecule has 7 nitrogen and oxygen atoms in total. The Hall–Kier alpha value is -3.52. The fraction of sp³-hybridized carbons (Fsp3) is 0.150. The molecule has 0 aliphatic carbocycles. The SMILES string of the molecule is C[C@H](Nc1ccc2ncc(-c3cc(O)ccn3)n2n1)c1cc(F)ccc1CO. The van der Waals surface area contributed by atoms with Crippen LogP contribution in [-0.2, 0) is 6.61 Å². The minimum atomic E-state index is -0.365. The molecule has 8 heteroatoms. The van der Waals surface area contributed by atoms with E-state index >= 15 is 0 Å². The molecule has 0 spiro atoms. The number of hydrogen-bond donors (Lipinski definition) is 3. The molecule has 0 fully saturated rings. The van der Waals surface area contributed by atoms with Gasteiger partial charge < -0.3 is 15.5 Å². The zero-order valence-electron chi connectivity index (χ0n) is 15.0. The molecule has 0 saturated heterocycles. The Balaban J connectivity index is 1.69. The number of anilines is 1. The van der Waals surface area contributed by atoms with E-state index in [0.717, 1.165) is 0 Å². The number of pyridine rings is 1. The van der Waals surface area contributed by atoms with Gasteiger partial charge in [0.25, 0.3) is 0 Å². The van der Waals surface area contributed by atoms with Crippen molar-refractivity contribution in [1.82, 2.24) is 19.6 Å². The predicted octanol–water partition coefficient (Wildman–Crippen LogP) is 3.30. The molecule has 0 aliphatic rings. The van der Waals surface area contributed by atoms with Crippen LogP contribution < -0.4 is 5.32 Å². The van der Waals surface area contributed by atoms with Gasteiger partial charge in [-0.2, -0.15) is 0 Å². The van der Waals surface area contributed by atoms with E-state index in [2.05, 4.69) is 20.4 Å². The lowest BCUT2D eigenvalue weighted by molar-refractivity contribution is 0.280. The van der Waals surface area contributed by atoms with Gasteiger partial charge in [-0.3, -0.25) is 4.98 Å². The first-order valence-corrected chi connectivity index (χ1v) is 8.71. The maximum Gasteiger partial charge on any atom is 0.154 e. The largest absolute Gasteiger partial charge is 0.508 e. The highest BCUT2D eigenvalue weighted by atomic mass is 19.1. The molecule has 1 aromatic carbocycles. The molecule has 3 heterocycles. The van der Waals surface area contributed by atoms with Gasteiger partial charge in [-0.25, -0.2) is 13.9 Å². The molecule has 0 radical (unpaired) electrons. The van der Waals surface area contributed by atoms with Crippen LogP contribution in [0.4, 0.5) is 10.2 Å². The number of aliphatic hydroxyl groups excluding tert-OH is 1. The van der Waals surface area contributed by atoms with Gasteiger partial charge in [-0.15, -0.1) is 5.10 Å². The Morgan fingerprint density at radius 2 is 2.00 bits per heavy atom. The third kappa shape index (κ3) is 3.37. The van der Waals surface area contributed by atoms with Gasteiger partial charge in [-0.05, 0) is 48.4 Å². The molecule has 0 aliphatic heterocycles. The monoisotopic (exact) mass is 379 g/mol. The average molecular weight is 379 g/mol. The van der Waals surface area contributed by atoms with Crippen LogP contribution in [0, 0.1) is 5.82 Å². The van der Waals surface area contributed by atoms with E-state index in [1.165, 1.54) is 30.5 Å². The third-order valence-electron chi connectivity index (χ3n) is 4.48. The van der Waals surface area contributed by atoms with E-state index in [0.29, 0.717) is 34.0 Å². The van der Waals surface area contributed by atoms with Crippen molar-refractivity contribution in [2.45, 2.75) is 19.6 Å². The standard InChI is InChI=1S/C20H18FN5O2/c1-12(16-8-14(21)3-2-13(16)11-27)24-19-4-5-20-23-10-18(26(20)25-19)17-9-15(28)6-7-22-17/h2-10,12,27H,11H2,1H3,(H,22,28)(H,24,25)/t12-/m0/s1. The van der Waals surface area contributed by atoms with Crippen LogP contribution in [0.3, 0.4) is 0 Å². The van der Waals surface area contributed by atoms with E-state index in [-0.39, 0.29) is 24.2 Å². The van der Waals surface area contributed by atoms with Gasteiger partial charge >= 0.3 is 0 Å². The second-order valence-electron chi connectivity index (χ2n) is 6.40. The minimum Gasteiger partial charge on any atom is -0.508 e. The fourth-order valence-electron chi connectivity index (χ4n) is 3.10. The van der Waals surface area contributed by atoms with E-state index in [9.17, 15) is 14.6 Å². The van der Waals surface area contributed by atoms with Crippen molar-refractivity contribution >= 4 is 11.5 Å². The molecule has 0 amide bonds. The van der Waals surface area contributed by atoms with Gasteiger partial charge in [0.2, 0.25) is 0 Å². The highest BCUT2D eigenvalue weighted by Gasteiger charge is 2.14. The summed E-state index contributed by atoms with van der Waals surface area (Å²) < 4.78 is 15.3. The summed E-state index contributed by atoms with van der Waals surface area (Å²) in [4.78, 5) is 8.56. The van der Waals surface area contributed by atoms with Gasteiger partial charge in [0, 0.05) is 12.3 Å². The van der Waals surface area contributed by atoms with Crippen molar-refractivity contribution in [3.05, 3.63) is 71.8 Å². The number of halogens is 1. The lowest BCUT2D eigenvalue weighted by Gasteiger charge is -2.18. The van der Waals surface area contributed by atoms with Crippen molar-refractivity contribution in [2.24, 2.45) is 0 Å². The number of aromatic hydroxyl groups is 1. The van der Waals surface area contributed by atoms with E-state index in [4.69, 9.17) is 0 Å². The van der Waals surface area contributed by atoms with Gasteiger partial charge in [0.05, 0.1) is 24.5 Å². The number of hydrogen-bond acceptors (Lipinski definition) is 6. The first-order chi connectivity index (χ1) is 13.5. The quantitative estimate of drug-likeness (QED) is 0.492. The number of nitrogens with zero attached hydrogens (tertiary/aromatic N) is 4. The second kappa shape index (κ2) is 7.24. The average Bonchev–Trinajstić information content (AvgIpc) is 3.11. The van der Waals surface area contributed by atoms with E-state index in [1.807, 2.05) is 6.92 Å². The zero-order valence-corrected chi connectivity index (χ0v) is 15.0. The first-order valence-electron chi connectivity index (χ1n) is 8.71. The normalized spacial score (nSPS) is 12.2. The summed E-state index contributed by atoms with van der Waals surface area (Å²) in [6.07, 6.45) is 3.14. The maximum atomic E-state index is 13.7. The summed E-state index contributed by atoms with van der Waals surface area (Å²) in [6, 6.07) is 10.6. The van der Waals surface area contributed by atoms with Crippen molar-refractivity contribution in [1.29, 1.82) is 0 Å². The van der Waals surface area contributed by atoms with Crippen LogP contribution in [0.25, 0.3) is 17.0 Å². The van der Waals surface area contributed by atoms with Crippen LogP contribution >= 0.6 is 0 Å². The van der Waals surface area contributed by atoms with Crippen LogP contribution in [0.2, 0.25) is 0 Å². The number of fused-ring (bicyclic) bond motifs is 1. The van der Waals surface area contributed by atoms with Gasteiger partial charge in [0.1, 0.15) is 23.1 Å². The molecule has 1 atom stereocenters. The number of nitrogens with one attached hydrogen (secondary N) is 1. The van der Waals surface area contributed by atoms with E-state index < -0.39 is 0 Å². The number of aromatic nitrogens is 4. The van der Waals surface area contributed by atoms with Gasteiger partial charge in [-0.1, -0.05) is 6.07 Å². The number of rotatable bonds is 5. The molecule has 0 unspecified atom stereocenters. The summed E-state index contributed by atoms with van der Waals surface area (Å²) in [5.74, 6) is 0.286. The maximum absolute atomic E-state index is 13.7. The Bertz CT molecular complexity index is 1140. The molecule has 3 N–H and O–H groups in total. The molecule has 142 valence electrons. The zero-order chi connectivity index (χ0) is 19.7. The number of aliphatic hydroxyl groups is 1. The van der Waals surface area contributed by atoms with Crippen LogP contribution in [0.15, 0.2) is 54.9 Å². The Kier molecular flexibility index (Phi) is 4.62. The Labute approximate surface area is 160 Å². The molecule has 3 aromatic heterocycles. The first kappa shape index (κ1) is 17.9. The summed E-state index contributed by atoms with van der Waals surface area (Å²) in [7, 11) is 0. The van der Waals surface area contributed by atoms with Crippen molar-refractivity contribution in [3.63, 3.8) is 0 Å². The van der Waals surface area contributed by atoms with Gasteiger partial charge in [0.15, 0.2) is 5.65 Å². The lowest BCUT2D eigenvalue weighted by Crippen LogP contribution is -2.12. The Morgan fingerprint density at radius 1 is 1.14 bits per heavy atom. The van der Waals surface area contributed by atoms with Crippen molar-refractivity contribution in [3.8, 4) is 17.1 Å². The molecule has 0 bridgehead atoms. The third-order valence-corrected chi connectivity index (χ3v) is 4.48. The smallest absolute Gasteiger partial charge is 0.154 e. The highest BCUT2D eigenvalue weighted by Crippen LogP contribution is 2.25. The van der Waals surface area contributed by atoms with Crippen molar-refractivity contribution < 1.29 is 14.6 Å². The number of imidazole rings is 1. The number of benzene rings is 1. The Morgan fingerprint density at radius 3 is 2.79 bits per heavy atom. The molecule has 0 saturated carbocycles. The predicted molar refractivity (Wildman–Crippen MR) is 102 cm³/mol. The van der Waals surface area contributed by atoms with Crippen LogP contribution in [-0.4, -0.2) is 29.8 Å². The topological polar surface area (TPSA) is 95.6 Å². The second-order valence-corrected chi connectivity index (χ2v) is 6.40. The fourth-order valence-corrected chi connectivity index (χ4v) is 3.10. The molecule has 4 aromatic rings. The van der Waals surface area contributed by atoms with Crippen molar-refractivity contribution in [2.75, 3.05) is 5.32 Å². The lowest BCUT2D eigenvalue weighted by atomic mass is 10.0. The molecular formula is C20H18FN5O2. The van der Waals surface area contributed by atoms with Crippen LogP contribution in [0.1, 0.15) is 24.1 Å². The summed E-state index contributed by atoms with van der Waals surface area (Å²) in [6.45, 7) is 1.69. The summed E-state index contributed by atoms with van der Waals surface area (Å²) >= 11 is 0. The minimum absolute atomic E-state index is 0.102. The molecule has 28 heavy (non-hydrogen) atoms. The summed E-state index contributed by atoms with van der Waals surface area (Å²) in [5.41, 5.74) is 3.10.